The fourth-order valence-corrected chi connectivity index (χ4v) is 11.0. The lowest BCUT2D eigenvalue weighted by Crippen LogP contribution is -2.76. The Hall–Kier alpha value is -3.26. The molecule has 5 saturated heterocycles. The maximum absolute atomic E-state index is 14.0. The number of nitrogens with zero attached hydrogens (tertiary/aromatic N) is 4. The first-order valence-corrected chi connectivity index (χ1v) is 17.0. The van der Waals surface area contributed by atoms with Gasteiger partial charge in [0.25, 0.3) is 15.9 Å². The first kappa shape index (κ1) is 29.5. The number of aliphatic hydroxyl groups is 1. The summed E-state index contributed by atoms with van der Waals surface area (Å²) in [6, 6.07) is -0.546. The Bertz CT molecular complexity index is 1600. The average molecular weight is 627 g/mol. The maximum atomic E-state index is 14.0. The van der Waals surface area contributed by atoms with Gasteiger partial charge in [-0.2, -0.15) is 0 Å². The van der Waals surface area contributed by atoms with Crippen LogP contribution in [0.25, 0.3) is 0 Å². The van der Waals surface area contributed by atoms with Gasteiger partial charge >= 0.3 is 0 Å². The standard InChI is InChI=1S/C31H39N5O7S/c1-18-22(29(31(40)41)34-28(18)26(19(2)37)30(34)39)16-33-23-5-3-4-21-20(6-7-24(27(21)23)44(33,42)43)8-9-35-10-13-36(14-11-35,15-12-35)17-25(32)38/h3-7,18-19,21,26-28,37H,8-17H2,1-2H3,(H-2,32,38,40,41)/p+1/t18-,19+,21?,26?,27?,28?,35?,36?/m0/s1. The van der Waals surface area contributed by atoms with Gasteiger partial charge in [-0.15, -0.1) is 0 Å². The van der Waals surface area contributed by atoms with Crippen molar-refractivity contribution in [3.63, 3.8) is 0 Å². The number of rotatable bonds is 9. The molecule has 0 spiro atoms. The second-order valence-corrected chi connectivity index (χ2v) is 15.7. The molecule has 0 saturated carbocycles. The zero-order valence-corrected chi connectivity index (χ0v) is 25.9. The second kappa shape index (κ2) is 9.87. The minimum Gasteiger partial charge on any atom is -0.543 e. The number of carbonyl (C=O) groups excluding carboxylic acids is 3. The van der Waals surface area contributed by atoms with Crippen molar-refractivity contribution >= 4 is 27.8 Å². The van der Waals surface area contributed by atoms with Crippen LogP contribution in [0, 0.1) is 23.7 Å². The van der Waals surface area contributed by atoms with Gasteiger partial charge in [0.15, 0.2) is 6.54 Å². The highest BCUT2D eigenvalue weighted by Gasteiger charge is 2.60. The van der Waals surface area contributed by atoms with Crippen molar-refractivity contribution in [3.8, 4) is 0 Å². The molecular weight excluding hydrogens is 586 g/mol. The lowest BCUT2D eigenvalue weighted by Gasteiger charge is -2.55. The Kier molecular flexibility index (Phi) is 6.61. The molecule has 4 unspecified atom stereocenters. The lowest BCUT2D eigenvalue weighted by molar-refractivity contribution is -1.08. The predicted molar refractivity (Wildman–Crippen MR) is 156 cm³/mol. The van der Waals surface area contributed by atoms with E-state index in [2.05, 4.69) is 6.08 Å². The number of hydrogen-bond donors (Lipinski definition) is 2. The molecule has 5 fully saturated rings. The van der Waals surface area contributed by atoms with E-state index in [1.54, 1.807) is 19.1 Å². The van der Waals surface area contributed by atoms with Gasteiger partial charge in [-0.1, -0.05) is 30.7 Å². The van der Waals surface area contributed by atoms with Gasteiger partial charge in [0.1, 0.15) is 39.3 Å². The molecule has 0 aromatic rings. The molecule has 2 aliphatic carbocycles. The monoisotopic (exact) mass is 626 g/mol. The van der Waals surface area contributed by atoms with Gasteiger partial charge in [0.2, 0.25) is 5.91 Å². The number of amides is 2. The van der Waals surface area contributed by atoms with Gasteiger partial charge in [0, 0.05) is 29.9 Å². The Morgan fingerprint density at radius 3 is 2.39 bits per heavy atom. The molecule has 0 aromatic heterocycles. The Morgan fingerprint density at radius 2 is 1.77 bits per heavy atom. The predicted octanol–water partition coefficient (Wildman–Crippen LogP) is -1.46. The number of nitrogens with two attached hydrogens (primary N) is 1. The van der Waals surface area contributed by atoms with E-state index in [9.17, 15) is 33.0 Å². The first-order valence-electron chi connectivity index (χ1n) is 15.5. The smallest absolute Gasteiger partial charge is 0.272 e. The van der Waals surface area contributed by atoms with E-state index < -0.39 is 45.9 Å². The summed E-state index contributed by atoms with van der Waals surface area (Å²) in [5.41, 5.74) is 7.37. The van der Waals surface area contributed by atoms with Crippen molar-refractivity contribution in [3.05, 3.63) is 57.8 Å². The van der Waals surface area contributed by atoms with E-state index in [1.807, 2.05) is 12.2 Å². The van der Waals surface area contributed by atoms with Gasteiger partial charge in [-0.25, -0.2) is 8.42 Å². The van der Waals surface area contributed by atoms with E-state index in [0.29, 0.717) is 22.7 Å². The Morgan fingerprint density at radius 1 is 1.11 bits per heavy atom. The molecule has 236 valence electrons. The summed E-state index contributed by atoms with van der Waals surface area (Å²) >= 11 is 0. The van der Waals surface area contributed by atoms with Crippen LogP contribution in [0.1, 0.15) is 20.3 Å². The highest BCUT2D eigenvalue weighted by molar-refractivity contribution is 7.93. The highest BCUT2D eigenvalue weighted by atomic mass is 32.2. The molecule has 6 heterocycles. The van der Waals surface area contributed by atoms with Crippen LogP contribution in [0.2, 0.25) is 0 Å². The molecule has 2 bridgehead atoms. The van der Waals surface area contributed by atoms with Crippen LogP contribution in [-0.2, 0) is 24.4 Å². The summed E-state index contributed by atoms with van der Waals surface area (Å²) in [7, 11) is -3.95. The van der Waals surface area contributed by atoms with Crippen molar-refractivity contribution in [2.24, 2.45) is 29.4 Å². The first-order chi connectivity index (χ1) is 20.8. The summed E-state index contributed by atoms with van der Waals surface area (Å²) in [4.78, 5) is 38.2. The molecule has 0 aromatic carbocycles. The molecule has 13 heteroatoms. The molecule has 44 heavy (non-hydrogen) atoms. The van der Waals surface area contributed by atoms with Crippen LogP contribution in [0.15, 0.2) is 57.8 Å². The van der Waals surface area contributed by atoms with E-state index >= 15 is 0 Å². The third-order valence-corrected chi connectivity index (χ3v) is 13.6. The molecule has 6 aliphatic heterocycles. The minimum atomic E-state index is -3.95. The molecule has 6 atom stereocenters. The van der Waals surface area contributed by atoms with Crippen molar-refractivity contribution < 1.29 is 42.0 Å². The van der Waals surface area contributed by atoms with Crippen molar-refractivity contribution in [2.45, 2.75) is 32.4 Å². The number of carboxylic acid groups (broad SMARTS) is 1. The molecule has 2 amide bonds. The SMILES string of the molecule is C[C@@H](O)C1C(=O)N2C(C(=O)[O-])=C(CN3C4=CC=CC5C(CC[N+]67CC[N+](CC(N)=O)(CC6)CC7)=CC=C(C45)S3(=O)=O)[C@H](C)C12. The Balaban J connectivity index is 1.11. The van der Waals surface area contributed by atoms with Crippen LogP contribution in [-0.4, -0.2) is 121 Å². The van der Waals surface area contributed by atoms with E-state index in [0.717, 1.165) is 61.2 Å². The summed E-state index contributed by atoms with van der Waals surface area (Å²) in [6.07, 6.45) is 9.29. The van der Waals surface area contributed by atoms with Crippen LogP contribution < -0.4 is 10.8 Å². The number of aliphatic hydroxyl groups excluding tert-OH is 1. The second-order valence-electron chi connectivity index (χ2n) is 13.8. The zero-order chi connectivity index (χ0) is 31.3. The van der Waals surface area contributed by atoms with Crippen molar-refractivity contribution in [1.29, 1.82) is 0 Å². The number of primary amides is 1. The largest absolute Gasteiger partial charge is 0.543 e. The van der Waals surface area contributed by atoms with Crippen molar-refractivity contribution in [1.82, 2.24) is 9.21 Å². The molecule has 8 rings (SSSR count). The molecule has 12 nitrogen and oxygen atoms in total. The number of β-lactam (4-membered cyclic amide) rings is 1. The van der Waals surface area contributed by atoms with E-state index in [4.69, 9.17) is 5.73 Å². The molecule has 3 N–H and O–H groups in total. The number of aliphatic carboxylic acids is 1. The molecule has 8 aliphatic rings. The minimum absolute atomic E-state index is 0.121. The van der Waals surface area contributed by atoms with Gasteiger partial charge < -0.3 is 34.6 Å². The van der Waals surface area contributed by atoms with Gasteiger partial charge in [-0.3, -0.25) is 13.9 Å². The van der Waals surface area contributed by atoms with E-state index in [1.165, 1.54) is 21.7 Å². The fourth-order valence-electron chi connectivity index (χ4n) is 9.12. The fraction of sp³-hybridized carbons (Fsp3) is 0.581. The summed E-state index contributed by atoms with van der Waals surface area (Å²) < 4.78 is 31.1. The quantitative estimate of drug-likeness (QED) is 0.234. The zero-order valence-electron chi connectivity index (χ0n) is 25.1. The summed E-state index contributed by atoms with van der Waals surface area (Å²) in [5, 5.41) is 22.5. The number of fused-ring (bicyclic) bond motifs is 4. The number of carbonyl (C=O) groups is 3. The van der Waals surface area contributed by atoms with Gasteiger partial charge in [0.05, 0.1) is 47.7 Å². The van der Waals surface area contributed by atoms with Crippen LogP contribution in [0.3, 0.4) is 0 Å². The third kappa shape index (κ3) is 4.12. The number of sulfonamides is 1. The number of carboxylic acids is 1. The molecule has 0 radical (unpaired) electrons. The number of hydrogen-bond acceptors (Lipinski definition) is 7. The number of allylic oxidation sites excluding steroid dienone is 6. The maximum Gasteiger partial charge on any atom is 0.272 e. The molecular formula is C31H40N5O7S+. The van der Waals surface area contributed by atoms with Crippen LogP contribution in [0.4, 0.5) is 0 Å². The highest BCUT2D eigenvalue weighted by Crippen LogP contribution is 2.53. The topological polar surface area (TPSA) is 161 Å². The van der Waals surface area contributed by atoms with Crippen LogP contribution >= 0.6 is 0 Å². The van der Waals surface area contributed by atoms with E-state index in [-0.39, 0.29) is 30.0 Å². The van der Waals surface area contributed by atoms with Crippen LogP contribution in [0.5, 0.6) is 0 Å². The number of quaternary nitrogens is 2. The van der Waals surface area contributed by atoms with Gasteiger partial charge in [-0.05, 0) is 24.6 Å². The third-order valence-electron chi connectivity index (χ3n) is 11.7. The van der Waals surface area contributed by atoms with Crippen molar-refractivity contribution in [2.75, 3.05) is 58.9 Å². The summed E-state index contributed by atoms with van der Waals surface area (Å²) in [5.74, 6) is -3.95. The Labute approximate surface area is 257 Å². The average Bonchev–Trinajstić information content (AvgIpc) is 3.34. The normalized spacial score (nSPS) is 38.5. The number of piperazine rings is 3. The summed E-state index contributed by atoms with van der Waals surface area (Å²) in [6.45, 7) is 10.3. The lowest BCUT2D eigenvalue weighted by atomic mass is 9.76.